The number of rotatable bonds is 5. The fourth-order valence-corrected chi connectivity index (χ4v) is 3.59. The first-order valence-corrected chi connectivity index (χ1v) is 8.81. The second kappa shape index (κ2) is 8.19. The predicted octanol–water partition coefficient (Wildman–Crippen LogP) is 5.54. The zero-order valence-corrected chi connectivity index (χ0v) is 15.9. The Kier molecular flexibility index (Phi) is 6.24. The molecule has 0 spiro atoms. The molecule has 1 aliphatic carbocycles. The molecule has 1 aliphatic rings. The van der Waals surface area contributed by atoms with Gasteiger partial charge in [0, 0.05) is 6.08 Å². The minimum Gasteiger partial charge on any atom is -0.496 e. The molecular formula is C22H28O3. The van der Waals surface area contributed by atoms with Crippen LogP contribution >= 0.6 is 0 Å². The molecule has 0 bridgehead atoms. The summed E-state index contributed by atoms with van der Waals surface area (Å²) in [6.45, 7) is 8.24. The Balaban J connectivity index is 2.54. The molecule has 0 fully saturated rings. The van der Waals surface area contributed by atoms with E-state index in [4.69, 9.17) is 9.84 Å². The summed E-state index contributed by atoms with van der Waals surface area (Å²) < 4.78 is 5.50. The molecule has 0 saturated carbocycles. The third-order valence-electron chi connectivity index (χ3n) is 4.98. The topological polar surface area (TPSA) is 46.5 Å². The molecule has 0 amide bonds. The highest BCUT2D eigenvalue weighted by Gasteiger charge is 2.19. The Bertz CT molecular complexity index is 764. The second-order valence-electron chi connectivity index (χ2n) is 6.79. The van der Waals surface area contributed by atoms with Crippen LogP contribution in [0.25, 0.3) is 5.57 Å². The molecule has 1 aromatic carbocycles. The van der Waals surface area contributed by atoms with E-state index in [0.29, 0.717) is 0 Å². The predicted molar refractivity (Wildman–Crippen MR) is 103 cm³/mol. The van der Waals surface area contributed by atoms with E-state index in [2.05, 4.69) is 32.9 Å². The van der Waals surface area contributed by atoms with Crippen LogP contribution in [0.3, 0.4) is 0 Å². The van der Waals surface area contributed by atoms with Crippen molar-refractivity contribution in [2.75, 3.05) is 7.11 Å². The van der Waals surface area contributed by atoms with Gasteiger partial charge in [-0.05, 0) is 98.4 Å². The Morgan fingerprint density at radius 3 is 2.48 bits per heavy atom. The van der Waals surface area contributed by atoms with E-state index < -0.39 is 5.97 Å². The van der Waals surface area contributed by atoms with Crippen molar-refractivity contribution in [1.82, 2.24) is 0 Å². The normalized spacial score (nSPS) is 15.8. The molecule has 0 radical (unpaired) electrons. The number of allylic oxidation sites excluding steroid dienone is 5. The number of carbonyl (C=O) groups is 1. The fourth-order valence-electron chi connectivity index (χ4n) is 3.59. The van der Waals surface area contributed by atoms with E-state index in [0.717, 1.165) is 24.2 Å². The molecule has 0 aliphatic heterocycles. The number of carboxylic acids is 1. The summed E-state index contributed by atoms with van der Waals surface area (Å²) in [5.74, 6) is 0.0324. The van der Waals surface area contributed by atoms with E-state index >= 15 is 0 Å². The monoisotopic (exact) mass is 340 g/mol. The first kappa shape index (κ1) is 19.0. The van der Waals surface area contributed by atoms with E-state index in [1.807, 2.05) is 13.0 Å². The third kappa shape index (κ3) is 4.41. The number of hydrogen-bond donors (Lipinski definition) is 1. The van der Waals surface area contributed by atoms with Crippen molar-refractivity contribution < 1.29 is 14.6 Å². The maximum atomic E-state index is 10.8. The lowest BCUT2D eigenvalue weighted by Gasteiger charge is -2.24. The number of hydrogen-bond acceptors (Lipinski definition) is 2. The highest BCUT2D eigenvalue weighted by molar-refractivity contribution is 5.81. The number of ether oxygens (including phenoxy) is 1. The molecule has 0 aromatic heterocycles. The van der Waals surface area contributed by atoms with Crippen LogP contribution in [-0.4, -0.2) is 18.2 Å². The molecule has 0 atom stereocenters. The Morgan fingerprint density at radius 1 is 1.16 bits per heavy atom. The average Bonchev–Trinajstić information content (AvgIpc) is 2.56. The standard InChI is InChI=1S/C22H28O3/c1-14(12-21(23)24)10-11-18-8-6-7-9-19(18)22-15(2)13-20(25-5)16(3)17(22)4/h10-13H,6-9H2,1-5H3,(H,23,24). The van der Waals surface area contributed by atoms with Gasteiger partial charge in [-0.1, -0.05) is 12.2 Å². The van der Waals surface area contributed by atoms with Gasteiger partial charge in [-0.3, -0.25) is 0 Å². The van der Waals surface area contributed by atoms with Crippen molar-refractivity contribution >= 4 is 11.5 Å². The van der Waals surface area contributed by atoms with Gasteiger partial charge in [0.1, 0.15) is 5.75 Å². The average molecular weight is 340 g/mol. The van der Waals surface area contributed by atoms with Gasteiger partial charge in [0.05, 0.1) is 7.11 Å². The van der Waals surface area contributed by atoms with E-state index in [1.54, 1.807) is 7.11 Å². The van der Waals surface area contributed by atoms with Gasteiger partial charge in [0.15, 0.2) is 0 Å². The Morgan fingerprint density at radius 2 is 1.84 bits per heavy atom. The van der Waals surface area contributed by atoms with Gasteiger partial charge in [0.2, 0.25) is 0 Å². The first-order valence-electron chi connectivity index (χ1n) is 8.81. The zero-order chi connectivity index (χ0) is 18.6. The lowest BCUT2D eigenvalue weighted by molar-refractivity contribution is -0.131. The van der Waals surface area contributed by atoms with E-state index in [9.17, 15) is 4.79 Å². The molecule has 2 rings (SSSR count). The van der Waals surface area contributed by atoms with Crippen LogP contribution in [0.2, 0.25) is 0 Å². The van der Waals surface area contributed by atoms with Crippen molar-refractivity contribution in [2.24, 2.45) is 0 Å². The van der Waals surface area contributed by atoms with Crippen LogP contribution in [0.1, 0.15) is 54.9 Å². The molecule has 0 saturated heterocycles. The lowest BCUT2D eigenvalue weighted by atomic mass is 9.82. The summed E-state index contributed by atoms with van der Waals surface area (Å²) >= 11 is 0. The van der Waals surface area contributed by atoms with Gasteiger partial charge in [-0.25, -0.2) is 4.79 Å². The summed E-state index contributed by atoms with van der Waals surface area (Å²) in [5.41, 5.74) is 8.50. The van der Waals surface area contributed by atoms with Crippen LogP contribution in [0, 0.1) is 20.8 Å². The van der Waals surface area contributed by atoms with E-state index in [1.165, 1.54) is 52.3 Å². The summed E-state index contributed by atoms with van der Waals surface area (Å²) in [6, 6.07) is 2.12. The lowest BCUT2D eigenvalue weighted by Crippen LogP contribution is -2.04. The Hall–Kier alpha value is -2.29. The molecule has 1 aromatic rings. The maximum absolute atomic E-state index is 10.8. The number of benzene rings is 1. The fraction of sp³-hybridized carbons (Fsp3) is 0.409. The maximum Gasteiger partial charge on any atom is 0.328 e. The third-order valence-corrected chi connectivity index (χ3v) is 4.98. The zero-order valence-electron chi connectivity index (χ0n) is 15.9. The SMILES string of the molecule is COc1cc(C)c(C2=C(C=CC(C)=CC(=O)O)CCCC2)c(C)c1C. The van der Waals surface area contributed by atoms with E-state index in [-0.39, 0.29) is 0 Å². The van der Waals surface area contributed by atoms with Crippen LogP contribution < -0.4 is 4.74 Å². The van der Waals surface area contributed by atoms with Gasteiger partial charge < -0.3 is 9.84 Å². The molecule has 134 valence electrons. The van der Waals surface area contributed by atoms with Gasteiger partial charge in [0.25, 0.3) is 0 Å². The van der Waals surface area contributed by atoms with Crippen molar-refractivity contribution in [2.45, 2.75) is 53.4 Å². The quantitative estimate of drug-likeness (QED) is 0.566. The molecule has 3 heteroatoms. The Labute approximate surface area is 150 Å². The molecule has 1 N–H and O–H groups in total. The number of carboxylic acid groups (broad SMARTS) is 1. The summed E-state index contributed by atoms with van der Waals surface area (Å²) in [7, 11) is 1.71. The van der Waals surface area contributed by atoms with Gasteiger partial charge in [-0.2, -0.15) is 0 Å². The van der Waals surface area contributed by atoms with Crippen LogP contribution in [0.4, 0.5) is 0 Å². The smallest absolute Gasteiger partial charge is 0.328 e. The highest BCUT2D eigenvalue weighted by Crippen LogP contribution is 2.39. The van der Waals surface area contributed by atoms with Gasteiger partial charge in [-0.15, -0.1) is 0 Å². The molecule has 3 nitrogen and oxygen atoms in total. The van der Waals surface area contributed by atoms with Gasteiger partial charge >= 0.3 is 5.97 Å². The minimum atomic E-state index is -0.905. The first-order chi connectivity index (χ1) is 11.8. The van der Waals surface area contributed by atoms with Crippen LogP contribution in [0.5, 0.6) is 5.75 Å². The second-order valence-corrected chi connectivity index (χ2v) is 6.79. The molecule has 25 heavy (non-hydrogen) atoms. The largest absolute Gasteiger partial charge is 0.496 e. The van der Waals surface area contributed by atoms with Crippen LogP contribution in [-0.2, 0) is 4.79 Å². The minimum absolute atomic E-state index is 0.754. The van der Waals surface area contributed by atoms with Crippen molar-refractivity contribution in [3.05, 3.63) is 57.7 Å². The van der Waals surface area contributed by atoms with Crippen LogP contribution in [0.15, 0.2) is 35.4 Å². The summed E-state index contributed by atoms with van der Waals surface area (Å²) in [6.07, 6.45) is 9.73. The number of aliphatic carboxylic acids is 1. The number of methoxy groups -OCH3 is 1. The van der Waals surface area contributed by atoms with Crippen molar-refractivity contribution in [3.8, 4) is 5.75 Å². The van der Waals surface area contributed by atoms with Crippen molar-refractivity contribution in [1.29, 1.82) is 0 Å². The molecule has 0 unspecified atom stereocenters. The molecular weight excluding hydrogens is 312 g/mol. The highest BCUT2D eigenvalue weighted by atomic mass is 16.5. The summed E-state index contributed by atoms with van der Waals surface area (Å²) in [5, 5.41) is 8.87. The molecule has 0 heterocycles. The number of aryl methyl sites for hydroxylation is 1. The van der Waals surface area contributed by atoms with Crippen molar-refractivity contribution in [3.63, 3.8) is 0 Å². The summed E-state index contributed by atoms with van der Waals surface area (Å²) in [4.78, 5) is 10.8.